The topological polar surface area (TPSA) is 32.3 Å². The van der Waals surface area contributed by atoms with Crippen LogP contribution in [0.4, 0.5) is 0 Å². The van der Waals surface area contributed by atoms with Gasteiger partial charge >= 0.3 is 0 Å². The molecule has 0 radical (unpaired) electrons. The maximum Gasteiger partial charge on any atom is 0.121 e. The summed E-state index contributed by atoms with van der Waals surface area (Å²) in [7, 11) is 0. The van der Waals surface area contributed by atoms with Crippen molar-refractivity contribution in [3.8, 4) is 0 Å². The van der Waals surface area contributed by atoms with E-state index in [9.17, 15) is 4.79 Å². The molecule has 1 saturated heterocycles. The molecule has 1 N–H and O–H groups in total. The molecule has 0 amide bonds. The fourth-order valence-electron chi connectivity index (χ4n) is 1.43. The molecule has 0 aromatic heterocycles. The van der Waals surface area contributed by atoms with Crippen LogP contribution in [0.5, 0.6) is 0 Å². The van der Waals surface area contributed by atoms with Gasteiger partial charge < -0.3 is 10.1 Å². The van der Waals surface area contributed by atoms with Gasteiger partial charge in [-0.15, -0.1) is 12.4 Å². The predicted octanol–water partition coefficient (Wildman–Crippen LogP) is 0.291. The van der Waals surface area contributed by atoms with Crippen molar-refractivity contribution in [2.24, 2.45) is 0 Å². The summed E-state index contributed by atoms with van der Waals surface area (Å²) in [5.74, 6) is 0. The van der Waals surface area contributed by atoms with Crippen LogP contribution in [0.1, 0.15) is 13.3 Å². The van der Waals surface area contributed by atoms with Crippen LogP contribution in [-0.2, 0) is 4.79 Å². The zero-order chi connectivity index (χ0) is 8.10. The second-order valence-corrected chi connectivity index (χ2v) is 3.04. The van der Waals surface area contributed by atoms with Gasteiger partial charge in [-0.05, 0) is 6.92 Å². The molecular formula is C8H17ClN2O. The van der Waals surface area contributed by atoms with Gasteiger partial charge in [0.2, 0.25) is 0 Å². The molecule has 1 heterocycles. The molecule has 1 atom stereocenters. The van der Waals surface area contributed by atoms with Crippen LogP contribution in [0.15, 0.2) is 0 Å². The second kappa shape index (κ2) is 6.40. The first kappa shape index (κ1) is 11.9. The Morgan fingerprint density at radius 3 is 3.00 bits per heavy atom. The zero-order valence-electron chi connectivity index (χ0n) is 7.45. The van der Waals surface area contributed by atoms with Crippen LogP contribution in [0, 0.1) is 0 Å². The average Bonchev–Trinajstić information content (AvgIpc) is 2.03. The van der Waals surface area contributed by atoms with Gasteiger partial charge in [0.25, 0.3) is 0 Å². The van der Waals surface area contributed by atoms with Gasteiger partial charge in [-0.25, -0.2) is 0 Å². The van der Waals surface area contributed by atoms with E-state index in [1.165, 1.54) is 0 Å². The number of nitrogens with one attached hydrogen (secondary N) is 1. The van der Waals surface area contributed by atoms with E-state index in [0.717, 1.165) is 32.5 Å². The first-order valence-corrected chi connectivity index (χ1v) is 4.23. The fourth-order valence-corrected chi connectivity index (χ4v) is 1.43. The van der Waals surface area contributed by atoms with Crippen molar-refractivity contribution in [3.05, 3.63) is 0 Å². The van der Waals surface area contributed by atoms with Crippen molar-refractivity contribution in [1.29, 1.82) is 0 Å². The van der Waals surface area contributed by atoms with Crippen molar-refractivity contribution in [2.75, 3.05) is 26.2 Å². The highest BCUT2D eigenvalue weighted by Crippen LogP contribution is 2.01. The largest absolute Gasteiger partial charge is 0.314 e. The van der Waals surface area contributed by atoms with Crippen molar-refractivity contribution in [3.63, 3.8) is 0 Å². The third kappa shape index (κ3) is 3.52. The first-order chi connectivity index (χ1) is 5.34. The minimum atomic E-state index is 0. The van der Waals surface area contributed by atoms with Crippen molar-refractivity contribution in [1.82, 2.24) is 10.2 Å². The lowest BCUT2D eigenvalue weighted by Crippen LogP contribution is -2.49. The van der Waals surface area contributed by atoms with Crippen molar-refractivity contribution in [2.45, 2.75) is 19.4 Å². The summed E-state index contributed by atoms with van der Waals surface area (Å²) in [5.41, 5.74) is 0. The van der Waals surface area contributed by atoms with Crippen LogP contribution < -0.4 is 5.32 Å². The number of carbonyl (C=O) groups excluding carboxylic acids is 1. The van der Waals surface area contributed by atoms with E-state index in [0.29, 0.717) is 12.5 Å². The Kier molecular flexibility index (Phi) is 6.34. The molecule has 4 heteroatoms. The summed E-state index contributed by atoms with van der Waals surface area (Å²) in [6, 6.07) is 0.587. The highest BCUT2D eigenvalue weighted by atomic mass is 35.5. The van der Waals surface area contributed by atoms with Gasteiger partial charge in [-0.1, -0.05) is 0 Å². The Morgan fingerprint density at radius 1 is 1.67 bits per heavy atom. The molecule has 12 heavy (non-hydrogen) atoms. The molecule has 3 nitrogen and oxygen atoms in total. The number of rotatable bonds is 3. The van der Waals surface area contributed by atoms with Gasteiger partial charge in [0.05, 0.1) is 0 Å². The number of halogens is 1. The Labute approximate surface area is 79.9 Å². The van der Waals surface area contributed by atoms with Crippen LogP contribution in [0.3, 0.4) is 0 Å². The highest BCUT2D eigenvalue weighted by molar-refractivity contribution is 5.85. The van der Waals surface area contributed by atoms with E-state index in [1.54, 1.807) is 0 Å². The molecule has 1 unspecified atom stereocenters. The molecule has 0 bridgehead atoms. The lowest BCUT2D eigenvalue weighted by Gasteiger charge is -2.33. The summed E-state index contributed by atoms with van der Waals surface area (Å²) in [5, 5.41) is 3.31. The van der Waals surface area contributed by atoms with Crippen molar-refractivity contribution < 1.29 is 4.79 Å². The third-order valence-corrected chi connectivity index (χ3v) is 2.17. The molecule has 0 spiro atoms. The third-order valence-electron chi connectivity index (χ3n) is 2.17. The van der Waals surface area contributed by atoms with Gasteiger partial charge in [0.15, 0.2) is 0 Å². The summed E-state index contributed by atoms with van der Waals surface area (Å²) >= 11 is 0. The molecule has 1 rings (SSSR count). The fraction of sp³-hybridized carbons (Fsp3) is 0.875. The van der Waals surface area contributed by atoms with E-state index in [2.05, 4.69) is 17.1 Å². The number of nitrogens with zero attached hydrogens (tertiary/aromatic N) is 1. The highest BCUT2D eigenvalue weighted by Gasteiger charge is 2.16. The maximum atomic E-state index is 10.1. The molecule has 0 aromatic carbocycles. The van der Waals surface area contributed by atoms with Gasteiger partial charge in [-0.3, -0.25) is 4.90 Å². The Balaban J connectivity index is 0.00000121. The Hall–Kier alpha value is -0.120. The van der Waals surface area contributed by atoms with Crippen LogP contribution in [0.2, 0.25) is 0 Å². The van der Waals surface area contributed by atoms with Gasteiger partial charge in [-0.2, -0.15) is 0 Å². The molecule has 1 fully saturated rings. The van der Waals surface area contributed by atoms with Crippen LogP contribution in [-0.4, -0.2) is 43.4 Å². The number of piperazine rings is 1. The van der Waals surface area contributed by atoms with E-state index < -0.39 is 0 Å². The smallest absolute Gasteiger partial charge is 0.121 e. The zero-order valence-corrected chi connectivity index (χ0v) is 8.27. The summed E-state index contributed by atoms with van der Waals surface area (Å²) in [4.78, 5) is 12.5. The minimum absolute atomic E-state index is 0. The Bertz CT molecular complexity index is 132. The summed E-state index contributed by atoms with van der Waals surface area (Å²) < 4.78 is 0. The molecule has 72 valence electrons. The standard InChI is InChI=1S/C8H16N2O.ClH/c1-8-7-9-3-5-10(8)4-2-6-11;/h6,8-9H,2-5,7H2,1H3;1H. The lowest BCUT2D eigenvalue weighted by molar-refractivity contribution is -0.108. The van der Waals surface area contributed by atoms with Gasteiger partial charge in [0, 0.05) is 38.6 Å². The summed E-state index contributed by atoms with van der Waals surface area (Å²) in [6.45, 7) is 6.31. The second-order valence-electron chi connectivity index (χ2n) is 3.04. The molecule has 1 aliphatic heterocycles. The monoisotopic (exact) mass is 192 g/mol. The van der Waals surface area contributed by atoms with E-state index >= 15 is 0 Å². The molecule has 1 aliphatic rings. The van der Waals surface area contributed by atoms with E-state index in [1.807, 2.05) is 0 Å². The Morgan fingerprint density at radius 2 is 2.42 bits per heavy atom. The first-order valence-electron chi connectivity index (χ1n) is 4.23. The normalized spacial score (nSPS) is 24.6. The molecular weight excluding hydrogens is 176 g/mol. The lowest BCUT2D eigenvalue weighted by atomic mass is 10.2. The summed E-state index contributed by atoms with van der Waals surface area (Å²) in [6.07, 6.45) is 1.67. The molecule has 0 aliphatic carbocycles. The van der Waals surface area contributed by atoms with Crippen molar-refractivity contribution >= 4 is 18.7 Å². The molecule has 0 saturated carbocycles. The number of aldehydes is 1. The van der Waals surface area contributed by atoms with Gasteiger partial charge in [0.1, 0.15) is 6.29 Å². The maximum absolute atomic E-state index is 10.1. The number of hydrogen-bond donors (Lipinski definition) is 1. The van der Waals surface area contributed by atoms with E-state index in [-0.39, 0.29) is 12.4 Å². The minimum Gasteiger partial charge on any atom is -0.314 e. The van der Waals surface area contributed by atoms with Crippen LogP contribution in [0.25, 0.3) is 0 Å². The van der Waals surface area contributed by atoms with Crippen LogP contribution >= 0.6 is 12.4 Å². The SMILES string of the molecule is CC1CNCCN1CCC=O.Cl. The van der Waals surface area contributed by atoms with E-state index in [4.69, 9.17) is 0 Å². The number of carbonyl (C=O) groups is 1. The number of hydrogen-bond acceptors (Lipinski definition) is 3. The predicted molar refractivity (Wildman–Crippen MR) is 51.8 cm³/mol. The molecule has 0 aromatic rings. The quantitative estimate of drug-likeness (QED) is 0.653. The average molecular weight is 193 g/mol.